The van der Waals surface area contributed by atoms with E-state index in [9.17, 15) is 51.6 Å². The number of sulfone groups is 3. The zero-order chi connectivity index (χ0) is 55.6. The lowest BCUT2D eigenvalue weighted by atomic mass is 9.73. The molecule has 0 saturated heterocycles. The average Bonchev–Trinajstić information content (AvgIpc) is 3.79. The maximum Gasteiger partial charge on any atom is 0.188 e. The van der Waals surface area contributed by atoms with Crippen molar-refractivity contribution in [2.24, 2.45) is 11.8 Å². The van der Waals surface area contributed by atoms with Crippen molar-refractivity contribution in [2.75, 3.05) is 13.2 Å². The van der Waals surface area contributed by atoms with Crippen LogP contribution < -0.4 is 14.2 Å². The standard InChI is InChI=1S/3C19H17ClF2O3S/c20-12-4-6-14(7-5-12)26(23,24)19-10-2-1-3-13(11-19)25-18-16(22)9-8-15(21)17(18)19;20-13-4-6-14(7-5-13)26(23,24)19-10-2-1-3-12(19)11-25-16-9-8-15(21)18(22)17(16)19;20-13-4-6-14(7-5-13)26(23,24)19-10-2-1-3-12(19)11-25-18-16(22)9-8-15(21)17(18)19/h4-9,13H,1-3,10-11H2;2*4-9,12H,1-3,10-11H2/t13-,19-;2*12-,19+/m001/s1. The van der Waals surface area contributed by atoms with Gasteiger partial charge in [-0.3, -0.25) is 0 Å². The van der Waals surface area contributed by atoms with Crippen molar-refractivity contribution in [3.63, 3.8) is 0 Å². The summed E-state index contributed by atoms with van der Waals surface area (Å²) in [6.07, 6.45) is 6.41. The third-order valence-electron chi connectivity index (χ3n) is 16.4. The molecule has 21 heteroatoms. The molecule has 414 valence electrons. The maximum absolute atomic E-state index is 14.9. The number of halogens is 9. The highest BCUT2D eigenvalue weighted by atomic mass is 35.5. The van der Waals surface area contributed by atoms with Crippen LogP contribution in [0.4, 0.5) is 26.3 Å². The molecule has 0 radical (unpaired) electrons. The molecule has 6 aliphatic rings. The van der Waals surface area contributed by atoms with Gasteiger partial charge in [-0.05, 0) is 154 Å². The predicted molar refractivity (Wildman–Crippen MR) is 282 cm³/mol. The monoisotopic (exact) mass is 1190 g/mol. The SMILES string of the molecule is O=S(=O)(c1ccc(Cl)cc1)[C@@]12CCCC[C@@H](C1)Oc1c(F)ccc(F)c12.O=S(=O)(c1ccc(Cl)cc1)[C@@]12CCCC[C@@H]1COc1c(F)ccc(F)c12.O=S(=O)(c1ccc(Cl)cc1)[C@]12CCCC[C@H]1COc1ccc(F)c(F)c12. The van der Waals surface area contributed by atoms with Crippen molar-refractivity contribution in [3.8, 4) is 17.2 Å². The average molecular weight is 1200 g/mol. The highest BCUT2D eigenvalue weighted by Crippen LogP contribution is 2.59. The van der Waals surface area contributed by atoms with Crippen molar-refractivity contribution >= 4 is 64.3 Å². The van der Waals surface area contributed by atoms with Crippen LogP contribution in [-0.2, 0) is 43.8 Å². The number of fused-ring (bicyclic) bond motifs is 10. The predicted octanol–water partition coefficient (Wildman–Crippen LogP) is 14.8. The molecular formula is C57H51Cl3F6O9S3. The molecular weight excluding hydrogens is 1150 g/mol. The second-order valence-corrected chi connectivity index (χ2v) is 28.5. The fraction of sp³-hybridized carbons (Fsp3) is 0.368. The zero-order valence-corrected chi connectivity index (χ0v) is 46.2. The van der Waals surface area contributed by atoms with Gasteiger partial charge >= 0.3 is 0 Å². The first kappa shape index (κ1) is 56.3. The molecule has 2 bridgehead atoms. The van der Waals surface area contributed by atoms with Crippen LogP contribution >= 0.6 is 34.8 Å². The van der Waals surface area contributed by atoms with Crippen LogP contribution in [0.3, 0.4) is 0 Å². The third kappa shape index (κ3) is 9.25. The first-order valence-electron chi connectivity index (χ1n) is 25.5. The molecule has 6 atom stereocenters. The maximum atomic E-state index is 14.9. The molecule has 3 heterocycles. The van der Waals surface area contributed by atoms with Crippen LogP contribution in [0.5, 0.6) is 17.2 Å². The number of hydrogen-bond donors (Lipinski definition) is 0. The van der Waals surface area contributed by atoms with Crippen molar-refractivity contribution in [1.82, 2.24) is 0 Å². The summed E-state index contributed by atoms with van der Waals surface area (Å²) >= 11 is 17.7. The van der Waals surface area contributed by atoms with Crippen LogP contribution in [0.25, 0.3) is 0 Å². The smallest absolute Gasteiger partial charge is 0.188 e. The van der Waals surface area contributed by atoms with Crippen LogP contribution in [0.1, 0.15) is 100 Å². The fourth-order valence-corrected chi connectivity index (χ4v) is 20.2. The number of rotatable bonds is 6. The normalized spacial score (nSPS) is 25.1. The Hall–Kier alpha value is -4.98. The van der Waals surface area contributed by atoms with E-state index in [4.69, 9.17) is 49.0 Å². The molecule has 3 aliphatic carbocycles. The minimum Gasteiger partial charge on any atom is -0.493 e. The van der Waals surface area contributed by atoms with E-state index in [2.05, 4.69) is 0 Å². The molecule has 3 fully saturated rings. The highest BCUT2D eigenvalue weighted by molar-refractivity contribution is 7.93. The number of ether oxygens (including phenoxy) is 3. The van der Waals surface area contributed by atoms with Crippen molar-refractivity contribution < 1.29 is 65.8 Å². The topological polar surface area (TPSA) is 130 Å². The summed E-state index contributed by atoms with van der Waals surface area (Å²) < 4.78 is 181. The first-order valence-corrected chi connectivity index (χ1v) is 31.1. The molecule has 3 saturated carbocycles. The van der Waals surface area contributed by atoms with E-state index in [0.717, 1.165) is 49.6 Å². The van der Waals surface area contributed by atoms with Gasteiger partial charge in [0.2, 0.25) is 0 Å². The van der Waals surface area contributed by atoms with E-state index >= 15 is 0 Å². The van der Waals surface area contributed by atoms with Gasteiger partial charge in [-0.25, -0.2) is 51.6 Å². The Morgan fingerprint density at radius 2 is 0.846 bits per heavy atom. The summed E-state index contributed by atoms with van der Waals surface area (Å²) in [5.74, 6) is -6.46. The van der Waals surface area contributed by atoms with Gasteiger partial charge in [-0.1, -0.05) is 66.9 Å². The Morgan fingerprint density at radius 1 is 0.423 bits per heavy atom. The first-order chi connectivity index (χ1) is 37.1. The van der Waals surface area contributed by atoms with E-state index in [0.29, 0.717) is 53.6 Å². The summed E-state index contributed by atoms with van der Waals surface area (Å²) in [6, 6.07) is 23.7. The number of benzene rings is 6. The lowest BCUT2D eigenvalue weighted by Crippen LogP contribution is -2.50. The zero-order valence-electron chi connectivity index (χ0n) is 41.5. The second kappa shape index (κ2) is 21.5. The fourth-order valence-electron chi connectivity index (χ4n) is 12.8. The molecule has 0 amide bonds. The quantitative estimate of drug-likeness (QED) is 0.150. The number of hydrogen-bond acceptors (Lipinski definition) is 9. The van der Waals surface area contributed by atoms with Crippen LogP contribution in [-0.4, -0.2) is 44.6 Å². The van der Waals surface area contributed by atoms with E-state index < -0.39 is 96.6 Å². The van der Waals surface area contributed by atoms with Gasteiger partial charge in [0.05, 0.1) is 44.6 Å². The summed E-state index contributed by atoms with van der Waals surface area (Å²) in [5, 5.41) is 1.22. The molecule has 0 aromatic heterocycles. The van der Waals surface area contributed by atoms with Crippen LogP contribution in [0.15, 0.2) is 124 Å². The molecule has 12 rings (SSSR count). The van der Waals surface area contributed by atoms with E-state index in [1.807, 2.05) is 0 Å². The van der Waals surface area contributed by atoms with Gasteiger partial charge in [0.15, 0.2) is 64.3 Å². The van der Waals surface area contributed by atoms with Gasteiger partial charge in [0, 0.05) is 33.3 Å². The van der Waals surface area contributed by atoms with Gasteiger partial charge in [-0.15, -0.1) is 0 Å². The Kier molecular flexibility index (Phi) is 15.5. The van der Waals surface area contributed by atoms with Gasteiger partial charge in [0.25, 0.3) is 0 Å². The molecule has 0 spiro atoms. The molecule has 6 aromatic carbocycles. The molecule has 3 aliphatic heterocycles. The van der Waals surface area contributed by atoms with Gasteiger partial charge in [-0.2, -0.15) is 0 Å². The molecule has 0 N–H and O–H groups in total. The summed E-state index contributed by atoms with van der Waals surface area (Å²) in [7, 11) is -12.0. The molecule has 0 unspecified atom stereocenters. The lowest BCUT2D eigenvalue weighted by molar-refractivity contribution is 0.124. The van der Waals surface area contributed by atoms with Crippen molar-refractivity contribution in [3.05, 3.63) is 176 Å². The summed E-state index contributed by atoms with van der Waals surface area (Å²) in [5.41, 5.74) is -0.502. The Labute approximate surface area is 463 Å². The Balaban J connectivity index is 0.000000132. The third-order valence-corrected chi connectivity index (χ3v) is 24.8. The minimum atomic E-state index is -4.00. The second-order valence-electron chi connectivity index (χ2n) is 20.5. The molecule has 9 nitrogen and oxygen atoms in total. The summed E-state index contributed by atoms with van der Waals surface area (Å²) in [6.45, 7) is 0.227. The lowest BCUT2D eigenvalue weighted by Gasteiger charge is -2.47. The van der Waals surface area contributed by atoms with Gasteiger partial charge in [0.1, 0.15) is 37.7 Å². The van der Waals surface area contributed by atoms with Crippen molar-refractivity contribution in [2.45, 2.75) is 119 Å². The Bertz CT molecular complexity index is 3540. The molecule has 78 heavy (non-hydrogen) atoms. The van der Waals surface area contributed by atoms with Crippen LogP contribution in [0.2, 0.25) is 15.1 Å². The van der Waals surface area contributed by atoms with Crippen molar-refractivity contribution in [1.29, 1.82) is 0 Å². The van der Waals surface area contributed by atoms with E-state index in [-0.39, 0.29) is 87.5 Å². The van der Waals surface area contributed by atoms with E-state index in [1.54, 1.807) is 0 Å². The van der Waals surface area contributed by atoms with E-state index in [1.165, 1.54) is 78.9 Å². The van der Waals surface area contributed by atoms with Crippen LogP contribution in [0, 0.1) is 46.7 Å². The Morgan fingerprint density at radius 3 is 1.38 bits per heavy atom. The minimum absolute atomic E-state index is 0.0547. The largest absolute Gasteiger partial charge is 0.493 e. The highest BCUT2D eigenvalue weighted by Gasteiger charge is 2.60. The molecule has 6 aromatic rings. The summed E-state index contributed by atoms with van der Waals surface area (Å²) in [4.78, 5) is 0.176. The van der Waals surface area contributed by atoms with Gasteiger partial charge < -0.3 is 14.2 Å².